The van der Waals surface area contributed by atoms with Gasteiger partial charge in [0.15, 0.2) is 5.92 Å². The molecule has 0 saturated heterocycles. The van der Waals surface area contributed by atoms with Crippen LogP contribution in [0.2, 0.25) is 0 Å². The Bertz CT molecular complexity index is 718. The number of nitriles is 3. The summed E-state index contributed by atoms with van der Waals surface area (Å²) >= 11 is 0. The zero-order valence-electron chi connectivity index (χ0n) is 13.8. The van der Waals surface area contributed by atoms with Crippen molar-refractivity contribution >= 4 is 17.9 Å². The lowest BCUT2D eigenvalue weighted by Crippen LogP contribution is -2.16. The summed E-state index contributed by atoms with van der Waals surface area (Å²) in [7, 11) is 3.25. The van der Waals surface area contributed by atoms with E-state index < -0.39 is 41.7 Å². The number of hydrogen-bond donors (Lipinski definition) is 0. The van der Waals surface area contributed by atoms with Crippen molar-refractivity contribution in [2.24, 2.45) is 11.8 Å². The van der Waals surface area contributed by atoms with E-state index >= 15 is 0 Å². The van der Waals surface area contributed by atoms with Crippen LogP contribution >= 0.6 is 0 Å². The number of carbonyl (C=O) groups excluding carboxylic acids is 3. The van der Waals surface area contributed by atoms with E-state index in [1.54, 1.807) is 18.2 Å². The minimum atomic E-state index is -1.40. The molecule has 130 valence electrons. The summed E-state index contributed by atoms with van der Waals surface area (Å²) in [5.74, 6) is -5.17. The molecule has 0 radical (unpaired) electrons. The molecular weight excluding hydrogens is 330 g/mol. The van der Waals surface area contributed by atoms with Crippen LogP contribution in [0.1, 0.15) is 6.42 Å². The van der Waals surface area contributed by atoms with Crippen LogP contribution in [-0.4, -0.2) is 39.2 Å². The summed E-state index contributed by atoms with van der Waals surface area (Å²) < 4.78 is 13.4. The number of allylic oxidation sites excluding steroid dienone is 2. The molecule has 2 unspecified atom stereocenters. The molecule has 0 aliphatic carbocycles. The van der Waals surface area contributed by atoms with Gasteiger partial charge in [0.2, 0.25) is 0 Å². The third-order valence-electron chi connectivity index (χ3n) is 2.95. The maximum Gasteiger partial charge on any atom is 0.348 e. The highest BCUT2D eigenvalue weighted by Gasteiger charge is 2.24. The predicted molar refractivity (Wildman–Crippen MR) is 80.7 cm³/mol. The van der Waals surface area contributed by atoms with E-state index in [0.717, 1.165) is 33.5 Å². The lowest BCUT2D eigenvalue weighted by molar-refractivity contribution is -0.142. The van der Waals surface area contributed by atoms with Gasteiger partial charge >= 0.3 is 17.9 Å². The van der Waals surface area contributed by atoms with Gasteiger partial charge in [-0.2, -0.15) is 15.8 Å². The van der Waals surface area contributed by atoms with Gasteiger partial charge in [0.05, 0.1) is 45.8 Å². The summed E-state index contributed by atoms with van der Waals surface area (Å²) in [6.45, 7) is 0. The lowest BCUT2D eigenvalue weighted by atomic mass is 9.92. The fourth-order valence-corrected chi connectivity index (χ4v) is 1.64. The average molecular weight is 345 g/mol. The molecule has 0 fully saturated rings. The molecule has 0 N–H and O–H groups in total. The summed E-state index contributed by atoms with van der Waals surface area (Å²) in [6, 6.07) is 5.05. The number of rotatable bonds is 7. The molecule has 9 nitrogen and oxygen atoms in total. The van der Waals surface area contributed by atoms with Gasteiger partial charge in [-0.1, -0.05) is 6.08 Å². The fraction of sp³-hybridized carbons (Fsp3) is 0.375. The maximum absolute atomic E-state index is 11.6. The molecule has 0 aromatic heterocycles. The van der Waals surface area contributed by atoms with Gasteiger partial charge in [-0.3, -0.25) is 9.59 Å². The van der Waals surface area contributed by atoms with Crippen LogP contribution in [0, 0.1) is 45.8 Å². The van der Waals surface area contributed by atoms with Crippen molar-refractivity contribution in [2.45, 2.75) is 6.42 Å². The largest absolute Gasteiger partial charge is 0.469 e. The first-order valence-electron chi connectivity index (χ1n) is 6.74. The standard InChI is InChI=1S/C16H15N3O6/c1-23-14(20)6-11(7-17)10(4-12(8-18)15(21)24-2)5-13(9-19)16(22)25-3/h4-5,11-12H,6H2,1-3H3/b10-4-,13-5-. The highest BCUT2D eigenvalue weighted by atomic mass is 16.5. The predicted octanol–water partition coefficient (Wildman–Crippen LogP) is 0.551. The van der Waals surface area contributed by atoms with Crippen LogP contribution in [0.3, 0.4) is 0 Å². The molecule has 0 saturated carbocycles. The summed E-state index contributed by atoms with van der Waals surface area (Å²) in [4.78, 5) is 34.6. The Morgan fingerprint density at radius 2 is 1.64 bits per heavy atom. The first-order valence-corrected chi connectivity index (χ1v) is 6.74. The van der Waals surface area contributed by atoms with Crippen molar-refractivity contribution in [1.82, 2.24) is 0 Å². The molecule has 0 aromatic rings. The van der Waals surface area contributed by atoms with Crippen LogP contribution in [0.15, 0.2) is 23.3 Å². The van der Waals surface area contributed by atoms with Gasteiger partial charge in [-0.15, -0.1) is 0 Å². The molecule has 0 bridgehead atoms. The maximum atomic E-state index is 11.6. The highest BCUT2D eigenvalue weighted by Crippen LogP contribution is 2.21. The Morgan fingerprint density at radius 3 is 2.04 bits per heavy atom. The molecule has 9 heteroatoms. The van der Waals surface area contributed by atoms with Crippen molar-refractivity contribution in [3.8, 4) is 18.2 Å². The molecule has 0 rings (SSSR count). The number of methoxy groups -OCH3 is 3. The fourth-order valence-electron chi connectivity index (χ4n) is 1.64. The summed E-state index contributed by atoms with van der Waals surface area (Å²) in [5.41, 5.74) is -0.535. The zero-order chi connectivity index (χ0) is 19.4. The van der Waals surface area contributed by atoms with Gasteiger partial charge in [-0.25, -0.2) is 4.79 Å². The molecule has 0 aliphatic heterocycles. The first-order chi connectivity index (χ1) is 11.9. The van der Waals surface area contributed by atoms with Crippen molar-refractivity contribution < 1.29 is 28.6 Å². The van der Waals surface area contributed by atoms with Gasteiger partial charge in [0, 0.05) is 0 Å². The van der Waals surface area contributed by atoms with Gasteiger partial charge in [0.1, 0.15) is 11.6 Å². The van der Waals surface area contributed by atoms with E-state index in [1.807, 2.05) is 0 Å². The number of ether oxygens (including phenoxy) is 3. The monoisotopic (exact) mass is 345 g/mol. The van der Waals surface area contributed by atoms with Crippen molar-refractivity contribution in [1.29, 1.82) is 15.8 Å². The van der Waals surface area contributed by atoms with Crippen LogP contribution in [0.25, 0.3) is 0 Å². The molecule has 0 spiro atoms. The molecule has 2 atom stereocenters. The molecule has 0 aromatic carbocycles. The first kappa shape index (κ1) is 21.4. The van der Waals surface area contributed by atoms with E-state index in [9.17, 15) is 19.6 Å². The van der Waals surface area contributed by atoms with Gasteiger partial charge < -0.3 is 14.2 Å². The second kappa shape index (κ2) is 11.0. The van der Waals surface area contributed by atoms with E-state index in [0.29, 0.717) is 0 Å². The zero-order valence-corrected chi connectivity index (χ0v) is 13.8. The van der Waals surface area contributed by atoms with Crippen molar-refractivity contribution in [3.05, 3.63) is 23.3 Å². The Labute approximate surface area is 144 Å². The van der Waals surface area contributed by atoms with Crippen LogP contribution in [0.5, 0.6) is 0 Å². The summed E-state index contributed by atoms with van der Waals surface area (Å²) in [6.07, 6.45) is 1.62. The SMILES string of the molecule is COC(=O)CC(C#N)C(/C=C(/C#N)C(=O)OC)=C\C(C#N)C(=O)OC. The Hall–Kier alpha value is -3.64. The number of esters is 3. The van der Waals surface area contributed by atoms with Crippen molar-refractivity contribution in [2.75, 3.05) is 21.3 Å². The normalized spacial score (nSPS) is 13.3. The average Bonchev–Trinajstić information content (AvgIpc) is 2.65. The van der Waals surface area contributed by atoms with Crippen LogP contribution < -0.4 is 0 Å². The summed E-state index contributed by atoms with van der Waals surface area (Å²) in [5, 5.41) is 27.4. The van der Waals surface area contributed by atoms with Gasteiger partial charge in [0.25, 0.3) is 0 Å². The second-order valence-corrected chi connectivity index (χ2v) is 4.42. The second-order valence-electron chi connectivity index (χ2n) is 4.42. The smallest absolute Gasteiger partial charge is 0.348 e. The van der Waals surface area contributed by atoms with E-state index in [2.05, 4.69) is 14.2 Å². The highest BCUT2D eigenvalue weighted by molar-refractivity contribution is 5.93. The molecule has 0 heterocycles. The van der Waals surface area contributed by atoms with E-state index in [4.69, 9.17) is 10.5 Å². The quantitative estimate of drug-likeness (QED) is 0.212. The Balaban J connectivity index is 6.18. The molecule has 0 aliphatic rings. The Kier molecular flexibility index (Phi) is 9.38. The molecular formula is C16H15N3O6. The van der Waals surface area contributed by atoms with E-state index in [-0.39, 0.29) is 5.57 Å². The molecule has 25 heavy (non-hydrogen) atoms. The Morgan fingerprint density at radius 1 is 1.00 bits per heavy atom. The topological polar surface area (TPSA) is 150 Å². The number of nitrogens with zero attached hydrogens (tertiary/aromatic N) is 3. The molecule has 0 amide bonds. The minimum Gasteiger partial charge on any atom is -0.469 e. The minimum absolute atomic E-state index is 0.0631. The van der Waals surface area contributed by atoms with Crippen LogP contribution in [0.4, 0.5) is 0 Å². The van der Waals surface area contributed by atoms with Gasteiger partial charge in [-0.05, 0) is 11.6 Å². The lowest BCUT2D eigenvalue weighted by Gasteiger charge is -2.11. The number of hydrogen-bond acceptors (Lipinski definition) is 9. The third-order valence-corrected chi connectivity index (χ3v) is 2.95. The number of carbonyl (C=O) groups is 3. The van der Waals surface area contributed by atoms with Crippen molar-refractivity contribution in [3.63, 3.8) is 0 Å². The van der Waals surface area contributed by atoms with Crippen LogP contribution in [-0.2, 0) is 28.6 Å². The van der Waals surface area contributed by atoms with E-state index in [1.165, 1.54) is 0 Å². The third kappa shape index (κ3) is 6.55.